The summed E-state index contributed by atoms with van der Waals surface area (Å²) < 4.78 is 0. The van der Waals surface area contributed by atoms with Gasteiger partial charge < -0.3 is 5.11 Å². The summed E-state index contributed by atoms with van der Waals surface area (Å²) >= 11 is 0. The molecule has 0 saturated heterocycles. The first-order valence-corrected chi connectivity index (χ1v) is 8.60. The summed E-state index contributed by atoms with van der Waals surface area (Å²) in [6.07, 6.45) is 0.842. The molecule has 0 aromatic heterocycles. The quantitative estimate of drug-likeness (QED) is 0.632. The van der Waals surface area contributed by atoms with E-state index in [0.29, 0.717) is 5.56 Å². The highest BCUT2D eigenvalue weighted by Crippen LogP contribution is 2.38. The van der Waals surface area contributed by atoms with Crippen LogP contribution in [-0.2, 0) is 0 Å². The second-order valence-electron chi connectivity index (χ2n) is 6.26. The molecule has 3 rings (SSSR count). The summed E-state index contributed by atoms with van der Waals surface area (Å²) in [5.74, 6) is -0.830. The van der Waals surface area contributed by atoms with Crippen LogP contribution < -0.4 is 0 Å². The molecule has 0 aliphatic carbocycles. The molecule has 0 heterocycles. The molecule has 2 heteroatoms. The Morgan fingerprint density at radius 1 is 0.920 bits per heavy atom. The monoisotopic (exact) mass is 330 g/mol. The minimum absolute atomic E-state index is 0.0451. The molecule has 0 spiro atoms. The van der Waals surface area contributed by atoms with Crippen LogP contribution in [0.4, 0.5) is 0 Å². The highest BCUT2D eigenvalue weighted by Gasteiger charge is 2.24. The molecule has 0 aliphatic heterocycles. The number of carboxylic acids is 1. The van der Waals surface area contributed by atoms with Crippen LogP contribution in [0.15, 0.2) is 72.8 Å². The van der Waals surface area contributed by atoms with Crippen LogP contribution in [0.2, 0.25) is 0 Å². The number of carbonyl (C=O) groups is 1. The zero-order valence-corrected chi connectivity index (χ0v) is 14.6. The number of hydrogen-bond donors (Lipinski definition) is 1. The first-order chi connectivity index (χ1) is 12.1. The second-order valence-corrected chi connectivity index (χ2v) is 6.26. The van der Waals surface area contributed by atoms with Crippen molar-refractivity contribution >= 4 is 5.97 Å². The van der Waals surface area contributed by atoms with Gasteiger partial charge in [0.2, 0.25) is 0 Å². The minimum Gasteiger partial charge on any atom is -0.478 e. The van der Waals surface area contributed by atoms with Crippen LogP contribution in [0.1, 0.15) is 46.3 Å². The zero-order valence-electron chi connectivity index (χ0n) is 14.6. The second kappa shape index (κ2) is 7.35. The maximum atomic E-state index is 11.9. The van der Waals surface area contributed by atoms with E-state index >= 15 is 0 Å². The van der Waals surface area contributed by atoms with E-state index in [1.807, 2.05) is 54.6 Å². The lowest BCUT2D eigenvalue weighted by atomic mass is 9.80. The van der Waals surface area contributed by atoms with Gasteiger partial charge in [-0.1, -0.05) is 73.7 Å². The lowest BCUT2D eigenvalue weighted by Crippen LogP contribution is -2.11. The zero-order chi connectivity index (χ0) is 17.8. The first kappa shape index (κ1) is 17.0. The average molecular weight is 330 g/mol. The summed E-state index contributed by atoms with van der Waals surface area (Å²) in [6, 6.07) is 23.8. The molecule has 25 heavy (non-hydrogen) atoms. The van der Waals surface area contributed by atoms with Crippen molar-refractivity contribution in [3.63, 3.8) is 0 Å². The van der Waals surface area contributed by atoms with Gasteiger partial charge in [0.25, 0.3) is 0 Å². The number of aryl methyl sites for hydroxylation is 1. The summed E-state index contributed by atoms with van der Waals surface area (Å²) in [7, 11) is 0. The Morgan fingerprint density at radius 2 is 1.60 bits per heavy atom. The Labute approximate surface area is 148 Å². The number of benzene rings is 3. The molecule has 0 bridgehead atoms. The molecule has 0 radical (unpaired) electrons. The molecular weight excluding hydrogens is 308 g/mol. The molecule has 0 amide bonds. The summed E-state index contributed by atoms with van der Waals surface area (Å²) in [6.45, 7) is 4.20. The van der Waals surface area contributed by atoms with Crippen molar-refractivity contribution < 1.29 is 9.90 Å². The van der Waals surface area contributed by atoms with Crippen LogP contribution >= 0.6 is 0 Å². The molecule has 0 saturated carbocycles. The molecule has 2 nitrogen and oxygen atoms in total. The predicted molar refractivity (Wildman–Crippen MR) is 102 cm³/mol. The van der Waals surface area contributed by atoms with E-state index in [1.165, 1.54) is 11.1 Å². The molecular formula is C23H22O2. The SMILES string of the molecule is CCC(c1ccccc1C)c1c(C(=O)O)cccc1-c1ccccc1. The van der Waals surface area contributed by atoms with Crippen molar-refractivity contribution in [1.82, 2.24) is 0 Å². The van der Waals surface area contributed by atoms with E-state index in [4.69, 9.17) is 0 Å². The largest absolute Gasteiger partial charge is 0.478 e. The maximum Gasteiger partial charge on any atom is 0.336 e. The van der Waals surface area contributed by atoms with Crippen LogP contribution in [-0.4, -0.2) is 11.1 Å². The topological polar surface area (TPSA) is 37.3 Å². The lowest BCUT2D eigenvalue weighted by molar-refractivity contribution is 0.0695. The molecule has 1 unspecified atom stereocenters. The van der Waals surface area contributed by atoms with Gasteiger partial charge >= 0.3 is 5.97 Å². The Balaban J connectivity index is 2.29. The van der Waals surface area contributed by atoms with E-state index in [9.17, 15) is 9.90 Å². The fourth-order valence-electron chi connectivity index (χ4n) is 3.55. The summed E-state index contributed by atoms with van der Waals surface area (Å²) in [5, 5.41) is 9.80. The van der Waals surface area contributed by atoms with Gasteiger partial charge in [-0.3, -0.25) is 0 Å². The molecule has 3 aromatic rings. The third-order valence-electron chi connectivity index (χ3n) is 4.74. The molecule has 1 N–H and O–H groups in total. The van der Waals surface area contributed by atoms with Gasteiger partial charge in [0.15, 0.2) is 0 Å². The Morgan fingerprint density at radius 3 is 2.24 bits per heavy atom. The third kappa shape index (κ3) is 3.34. The van der Waals surface area contributed by atoms with Crippen LogP contribution in [0, 0.1) is 6.92 Å². The van der Waals surface area contributed by atoms with Crippen LogP contribution in [0.5, 0.6) is 0 Å². The van der Waals surface area contributed by atoms with E-state index in [1.54, 1.807) is 6.07 Å². The average Bonchev–Trinajstić information content (AvgIpc) is 2.64. The Kier molecular flexibility index (Phi) is 4.99. The van der Waals surface area contributed by atoms with Crippen LogP contribution in [0.25, 0.3) is 11.1 Å². The van der Waals surface area contributed by atoms with E-state index in [-0.39, 0.29) is 5.92 Å². The highest BCUT2D eigenvalue weighted by molar-refractivity contribution is 5.93. The smallest absolute Gasteiger partial charge is 0.336 e. The Hall–Kier alpha value is -2.87. The predicted octanol–water partition coefficient (Wildman–Crippen LogP) is 5.90. The van der Waals surface area contributed by atoms with Gasteiger partial charge in [-0.25, -0.2) is 4.79 Å². The van der Waals surface area contributed by atoms with Crippen molar-refractivity contribution in [3.05, 3.63) is 95.1 Å². The lowest BCUT2D eigenvalue weighted by Gasteiger charge is -2.23. The normalized spacial score (nSPS) is 11.9. The van der Waals surface area contributed by atoms with Gasteiger partial charge in [-0.05, 0) is 47.2 Å². The van der Waals surface area contributed by atoms with Crippen molar-refractivity contribution in [2.45, 2.75) is 26.2 Å². The number of hydrogen-bond acceptors (Lipinski definition) is 1. The molecule has 0 aliphatic rings. The Bertz CT molecular complexity index is 882. The van der Waals surface area contributed by atoms with Crippen LogP contribution in [0.3, 0.4) is 0 Å². The van der Waals surface area contributed by atoms with Crippen molar-refractivity contribution in [3.8, 4) is 11.1 Å². The summed E-state index contributed by atoms with van der Waals surface area (Å²) in [4.78, 5) is 11.9. The van der Waals surface area contributed by atoms with Gasteiger partial charge in [-0.2, -0.15) is 0 Å². The number of aromatic carboxylic acids is 1. The van der Waals surface area contributed by atoms with Gasteiger partial charge in [0.05, 0.1) is 5.56 Å². The van der Waals surface area contributed by atoms with E-state index in [2.05, 4.69) is 26.0 Å². The summed E-state index contributed by atoms with van der Waals surface area (Å²) in [5.41, 5.74) is 5.71. The van der Waals surface area contributed by atoms with Crippen molar-refractivity contribution in [1.29, 1.82) is 0 Å². The van der Waals surface area contributed by atoms with Gasteiger partial charge in [-0.15, -0.1) is 0 Å². The van der Waals surface area contributed by atoms with Gasteiger partial charge in [0, 0.05) is 5.92 Å². The third-order valence-corrected chi connectivity index (χ3v) is 4.74. The van der Waals surface area contributed by atoms with Crippen molar-refractivity contribution in [2.24, 2.45) is 0 Å². The van der Waals surface area contributed by atoms with Gasteiger partial charge in [0.1, 0.15) is 0 Å². The molecule has 1 atom stereocenters. The molecule has 126 valence electrons. The van der Waals surface area contributed by atoms with E-state index < -0.39 is 5.97 Å². The van der Waals surface area contributed by atoms with Crippen molar-refractivity contribution in [2.75, 3.05) is 0 Å². The van der Waals surface area contributed by atoms with E-state index in [0.717, 1.165) is 23.1 Å². The number of carboxylic acid groups (broad SMARTS) is 1. The standard InChI is InChI=1S/C23H22O2/c1-3-18(19-13-8-7-10-16(19)2)22-20(17-11-5-4-6-12-17)14-9-15-21(22)23(24)25/h4-15,18H,3H2,1-2H3,(H,24,25). The minimum atomic E-state index is -0.875. The fourth-order valence-corrected chi connectivity index (χ4v) is 3.55. The first-order valence-electron chi connectivity index (χ1n) is 8.60. The fraction of sp³-hybridized carbons (Fsp3) is 0.174. The molecule has 0 fully saturated rings. The molecule has 3 aromatic carbocycles. The number of rotatable bonds is 5. The highest BCUT2D eigenvalue weighted by atomic mass is 16.4. The maximum absolute atomic E-state index is 11.9.